The molecule has 0 radical (unpaired) electrons. The minimum absolute atomic E-state index is 0.0372. The number of sulfonamides is 1. The van der Waals surface area contributed by atoms with Crippen molar-refractivity contribution in [2.45, 2.75) is 25.4 Å². The number of nitrogens with one attached hydrogen (secondary N) is 3. The number of aryl methyl sites for hydroxylation is 1. The molecule has 134 valence electrons. The predicted molar refractivity (Wildman–Crippen MR) is 93.7 cm³/mol. The largest absolute Gasteiger partial charge is 0.395 e. The van der Waals surface area contributed by atoms with Crippen molar-refractivity contribution >= 4 is 27.4 Å². The van der Waals surface area contributed by atoms with Crippen LogP contribution in [0.4, 0.5) is 16.2 Å². The number of likely N-dealkylation sites (tertiary alicyclic amines) is 1. The summed E-state index contributed by atoms with van der Waals surface area (Å²) < 4.78 is 25.0. The van der Waals surface area contributed by atoms with E-state index in [0.717, 1.165) is 11.8 Å². The van der Waals surface area contributed by atoms with Gasteiger partial charge in [-0.15, -0.1) is 0 Å². The van der Waals surface area contributed by atoms with Gasteiger partial charge in [0.1, 0.15) is 0 Å². The Balaban J connectivity index is 2.00. The van der Waals surface area contributed by atoms with Crippen LogP contribution in [-0.2, 0) is 10.0 Å². The van der Waals surface area contributed by atoms with Crippen LogP contribution in [-0.4, -0.2) is 63.0 Å². The second kappa shape index (κ2) is 7.37. The molecule has 8 nitrogen and oxygen atoms in total. The monoisotopic (exact) mass is 356 g/mol. The van der Waals surface area contributed by atoms with Crippen LogP contribution in [0.2, 0.25) is 0 Å². The zero-order chi connectivity index (χ0) is 17.9. The molecule has 1 aliphatic rings. The molecule has 1 saturated heterocycles. The van der Waals surface area contributed by atoms with Gasteiger partial charge in [0.25, 0.3) is 0 Å². The molecule has 2 amide bonds. The van der Waals surface area contributed by atoms with E-state index in [0.29, 0.717) is 24.3 Å². The quantitative estimate of drug-likeness (QED) is 0.616. The molecule has 0 aromatic heterocycles. The summed E-state index contributed by atoms with van der Waals surface area (Å²) in [4.78, 5) is 14.2. The van der Waals surface area contributed by atoms with E-state index in [9.17, 15) is 18.3 Å². The molecule has 1 aromatic rings. The zero-order valence-electron chi connectivity index (χ0n) is 14.0. The summed E-state index contributed by atoms with van der Waals surface area (Å²) in [7, 11) is -1.47. The second-order valence-corrected chi connectivity index (χ2v) is 7.96. The second-order valence-electron chi connectivity index (χ2n) is 6.21. The number of rotatable bonds is 5. The molecule has 0 spiro atoms. The summed E-state index contributed by atoms with van der Waals surface area (Å²) in [6.45, 7) is 2.56. The number of likely N-dealkylation sites (N-methyl/N-ethyl adjacent to an activating group) is 1. The number of benzene rings is 1. The number of carbonyl (C=O) groups excluding carboxylic acids is 1. The molecule has 24 heavy (non-hydrogen) atoms. The summed E-state index contributed by atoms with van der Waals surface area (Å²) in [5.74, 6) is 0. The summed E-state index contributed by atoms with van der Waals surface area (Å²) in [5.41, 5.74) is 1.74. The van der Waals surface area contributed by atoms with Crippen LogP contribution in [0.1, 0.15) is 12.0 Å². The molecular weight excluding hydrogens is 332 g/mol. The molecule has 0 unspecified atom stereocenters. The molecule has 0 aliphatic carbocycles. The minimum atomic E-state index is -3.38. The van der Waals surface area contributed by atoms with Crippen LogP contribution in [0.5, 0.6) is 0 Å². The van der Waals surface area contributed by atoms with Crippen molar-refractivity contribution < 1.29 is 18.3 Å². The molecule has 9 heteroatoms. The number of hydrogen-bond donors (Lipinski definition) is 4. The highest BCUT2D eigenvalue weighted by molar-refractivity contribution is 7.92. The third-order valence-corrected chi connectivity index (χ3v) is 4.63. The first-order valence-corrected chi connectivity index (χ1v) is 9.54. The lowest BCUT2D eigenvalue weighted by molar-refractivity contribution is 0.182. The third-order valence-electron chi connectivity index (χ3n) is 4.02. The number of amides is 2. The molecule has 2 atom stereocenters. The summed E-state index contributed by atoms with van der Waals surface area (Å²) >= 11 is 0. The van der Waals surface area contributed by atoms with Gasteiger partial charge in [-0.25, -0.2) is 13.2 Å². The summed E-state index contributed by atoms with van der Waals surface area (Å²) in [6, 6.07) is 4.61. The van der Waals surface area contributed by atoms with E-state index in [-0.39, 0.29) is 24.7 Å². The van der Waals surface area contributed by atoms with Crippen molar-refractivity contribution in [1.29, 1.82) is 0 Å². The fourth-order valence-corrected chi connectivity index (χ4v) is 3.33. The lowest BCUT2D eigenvalue weighted by atomic mass is 10.2. The number of anilines is 2. The number of aliphatic hydroxyl groups excluding tert-OH is 1. The Bertz CT molecular complexity index is 707. The molecule has 1 heterocycles. The van der Waals surface area contributed by atoms with E-state index in [2.05, 4.69) is 15.4 Å². The topological polar surface area (TPSA) is 111 Å². The van der Waals surface area contributed by atoms with Crippen molar-refractivity contribution in [1.82, 2.24) is 10.2 Å². The van der Waals surface area contributed by atoms with E-state index in [1.807, 2.05) is 18.9 Å². The lowest BCUT2D eigenvalue weighted by Crippen LogP contribution is -2.39. The Morgan fingerprint density at radius 3 is 2.71 bits per heavy atom. The van der Waals surface area contributed by atoms with E-state index >= 15 is 0 Å². The van der Waals surface area contributed by atoms with Gasteiger partial charge in [-0.3, -0.25) is 9.62 Å². The number of urea groups is 1. The van der Waals surface area contributed by atoms with Crippen LogP contribution in [0.3, 0.4) is 0 Å². The smallest absolute Gasteiger partial charge is 0.319 e. The molecule has 2 rings (SSSR count). The normalized spacial score (nSPS) is 21.5. The molecule has 1 fully saturated rings. The Morgan fingerprint density at radius 1 is 1.42 bits per heavy atom. The van der Waals surface area contributed by atoms with Crippen molar-refractivity contribution in [2.24, 2.45) is 0 Å². The summed E-state index contributed by atoms with van der Waals surface area (Å²) in [6.07, 6.45) is 1.76. The number of hydrogen-bond acceptors (Lipinski definition) is 5. The van der Waals surface area contributed by atoms with Gasteiger partial charge in [0.05, 0.1) is 18.6 Å². The molecular formula is C15H24N4O4S. The first-order valence-electron chi connectivity index (χ1n) is 7.65. The van der Waals surface area contributed by atoms with Gasteiger partial charge in [0.2, 0.25) is 10.0 Å². The molecule has 0 saturated carbocycles. The van der Waals surface area contributed by atoms with Crippen LogP contribution in [0, 0.1) is 6.92 Å². The van der Waals surface area contributed by atoms with Crippen molar-refractivity contribution in [2.75, 3.05) is 36.5 Å². The highest BCUT2D eigenvalue weighted by Gasteiger charge is 2.29. The van der Waals surface area contributed by atoms with Crippen LogP contribution >= 0.6 is 0 Å². The molecule has 1 aliphatic heterocycles. The average molecular weight is 356 g/mol. The summed E-state index contributed by atoms with van der Waals surface area (Å²) in [5, 5.41) is 14.9. The van der Waals surface area contributed by atoms with Gasteiger partial charge in [0.15, 0.2) is 0 Å². The van der Waals surface area contributed by atoms with Crippen LogP contribution in [0.15, 0.2) is 18.2 Å². The van der Waals surface area contributed by atoms with E-state index < -0.39 is 10.0 Å². The van der Waals surface area contributed by atoms with Gasteiger partial charge < -0.3 is 15.7 Å². The maximum absolute atomic E-state index is 12.2. The van der Waals surface area contributed by atoms with E-state index in [4.69, 9.17) is 0 Å². The fraction of sp³-hybridized carbons (Fsp3) is 0.533. The van der Waals surface area contributed by atoms with Gasteiger partial charge in [0, 0.05) is 24.3 Å². The standard InChI is InChI=1S/C15H24N4O4S/c1-10-4-5-11(18-24(3,22)23)7-14(10)17-15(21)16-12-6-13(9-20)19(2)8-12/h4-5,7,12-13,18,20H,6,8-9H2,1-3H3,(H2,16,17,21)/t12-,13+/m1/s1. The highest BCUT2D eigenvalue weighted by Crippen LogP contribution is 2.21. The van der Waals surface area contributed by atoms with Crippen molar-refractivity contribution in [3.8, 4) is 0 Å². The highest BCUT2D eigenvalue weighted by atomic mass is 32.2. The number of nitrogens with zero attached hydrogens (tertiary/aromatic N) is 1. The van der Waals surface area contributed by atoms with Crippen molar-refractivity contribution in [3.63, 3.8) is 0 Å². The lowest BCUT2D eigenvalue weighted by Gasteiger charge is -2.16. The first-order chi connectivity index (χ1) is 11.2. The van der Waals surface area contributed by atoms with Gasteiger partial charge in [-0.05, 0) is 38.1 Å². The molecule has 4 N–H and O–H groups in total. The zero-order valence-corrected chi connectivity index (χ0v) is 14.9. The van der Waals surface area contributed by atoms with E-state index in [1.54, 1.807) is 18.2 Å². The Morgan fingerprint density at radius 2 is 2.12 bits per heavy atom. The number of aliphatic hydroxyl groups is 1. The maximum atomic E-state index is 12.2. The third kappa shape index (κ3) is 5.08. The first kappa shape index (κ1) is 18.5. The minimum Gasteiger partial charge on any atom is -0.395 e. The number of carbonyl (C=O) groups is 1. The van der Waals surface area contributed by atoms with Gasteiger partial charge in [-0.2, -0.15) is 0 Å². The Hall–Kier alpha value is -1.84. The predicted octanol–water partition coefficient (Wildman–Crippen LogP) is 0.553. The maximum Gasteiger partial charge on any atom is 0.319 e. The van der Waals surface area contributed by atoms with Crippen LogP contribution < -0.4 is 15.4 Å². The molecule has 1 aromatic carbocycles. The van der Waals surface area contributed by atoms with Crippen molar-refractivity contribution in [3.05, 3.63) is 23.8 Å². The Labute approximate surface area is 142 Å². The van der Waals surface area contributed by atoms with Crippen LogP contribution in [0.25, 0.3) is 0 Å². The van der Waals surface area contributed by atoms with Gasteiger partial charge in [-0.1, -0.05) is 6.07 Å². The van der Waals surface area contributed by atoms with E-state index in [1.165, 1.54) is 0 Å². The fourth-order valence-electron chi connectivity index (χ4n) is 2.78. The SMILES string of the molecule is Cc1ccc(NS(C)(=O)=O)cc1NC(=O)N[C@@H]1C[C@@H](CO)N(C)C1. The average Bonchev–Trinajstić information content (AvgIpc) is 2.80. The molecule has 0 bridgehead atoms. The van der Waals surface area contributed by atoms with Gasteiger partial charge >= 0.3 is 6.03 Å². The Kier molecular flexibility index (Phi) is 5.68.